The molecule has 1 amide bonds. The van der Waals surface area contributed by atoms with Gasteiger partial charge in [-0.1, -0.05) is 0 Å². The zero-order valence-corrected chi connectivity index (χ0v) is 16.2. The molecule has 0 saturated heterocycles. The first-order valence-corrected chi connectivity index (χ1v) is 9.94. The van der Waals surface area contributed by atoms with E-state index in [1.54, 1.807) is 4.68 Å². The van der Waals surface area contributed by atoms with Crippen LogP contribution in [0.15, 0.2) is 18.2 Å². The predicted molar refractivity (Wildman–Crippen MR) is 102 cm³/mol. The van der Waals surface area contributed by atoms with Gasteiger partial charge >= 0.3 is 0 Å². The Kier molecular flexibility index (Phi) is 4.30. The number of halogens is 2. The van der Waals surface area contributed by atoms with Crippen LogP contribution in [-0.4, -0.2) is 30.5 Å². The molecule has 0 spiro atoms. The van der Waals surface area contributed by atoms with Crippen molar-refractivity contribution in [3.63, 3.8) is 0 Å². The summed E-state index contributed by atoms with van der Waals surface area (Å²) in [5.41, 5.74) is 2.43. The number of benzene rings is 1. The van der Waals surface area contributed by atoms with Crippen molar-refractivity contribution in [2.75, 3.05) is 0 Å². The maximum absolute atomic E-state index is 13.7. The van der Waals surface area contributed by atoms with E-state index in [0.29, 0.717) is 28.0 Å². The lowest BCUT2D eigenvalue weighted by Crippen LogP contribution is -2.26. The second-order valence-electron chi connectivity index (χ2n) is 7.37. The highest BCUT2D eigenvalue weighted by Gasteiger charge is 2.29. The van der Waals surface area contributed by atoms with Gasteiger partial charge in [0.1, 0.15) is 0 Å². The number of nitrogens with one attached hydrogen (secondary N) is 2. The Morgan fingerprint density at radius 2 is 2.10 bits per heavy atom. The van der Waals surface area contributed by atoms with Crippen LogP contribution >= 0.6 is 12.2 Å². The highest BCUT2D eigenvalue weighted by molar-refractivity contribution is 7.71. The number of nitrogens with zero attached hydrogens (tertiary/aromatic N) is 4. The van der Waals surface area contributed by atoms with Gasteiger partial charge in [-0.2, -0.15) is 10.2 Å². The molecular weight excluding hydrogens is 398 g/mol. The van der Waals surface area contributed by atoms with Crippen molar-refractivity contribution in [3.8, 4) is 5.69 Å². The minimum Gasteiger partial charge on any atom is -0.343 e. The molecule has 1 fully saturated rings. The lowest BCUT2D eigenvalue weighted by Gasteiger charge is -2.07. The zero-order valence-electron chi connectivity index (χ0n) is 15.4. The molecule has 0 bridgehead atoms. The van der Waals surface area contributed by atoms with E-state index in [-0.39, 0.29) is 12.5 Å². The summed E-state index contributed by atoms with van der Waals surface area (Å²) in [6, 6.07) is 3.97. The minimum atomic E-state index is -0.946. The number of aromatic nitrogens is 5. The molecule has 5 rings (SSSR count). The quantitative estimate of drug-likeness (QED) is 0.626. The van der Waals surface area contributed by atoms with Crippen LogP contribution in [0, 0.1) is 16.4 Å². The fraction of sp³-hybridized carbons (Fsp3) is 0.368. The first-order valence-electron chi connectivity index (χ1n) is 9.53. The van der Waals surface area contributed by atoms with Crippen LogP contribution in [0.3, 0.4) is 0 Å². The summed E-state index contributed by atoms with van der Waals surface area (Å²) in [7, 11) is 0. The van der Waals surface area contributed by atoms with Gasteiger partial charge in [0.05, 0.1) is 12.2 Å². The zero-order chi connectivity index (χ0) is 20.1. The standard InChI is InChI=1S/C19H18F2N6OS/c20-13-7-6-11(8-14(13)21)27-15-3-1-2-12(15)17(25-27)18(28)22-9-16-23-24-19(29)26(16)10-4-5-10/h6-8,10H,1-5,9H2,(H,22,28)(H,24,29). The molecule has 2 aromatic heterocycles. The Balaban J connectivity index is 1.42. The van der Waals surface area contributed by atoms with Crippen molar-refractivity contribution in [2.45, 2.75) is 44.7 Å². The van der Waals surface area contributed by atoms with Crippen LogP contribution in [0.5, 0.6) is 0 Å². The number of hydrogen-bond acceptors (Lipinski definition) is 4. The predicted octanol–water partition coefficient (Wildman–Crippen LogP) is 3.16. The van der Waals surface area contributed by atoms with Gasteiger partial charge in [-0.15, -0.1) is 0 Å². The van der Waals surface area contributed by atoms with E-state index in [1.165, 1.54) is 6.07 Å². The van der Waals surface area contributed by atoms with Crippen LogP contribution < -0.4 is 5.32 Å². The van der Waals surface area contributed by atoms with Gasteiger partial charge < -0.3 is 5.32 Å². The number of rotatable bonds is 5. The van der Waals surface area contributed by atoms with Crippen LogP contribution in [0.2, 0.25) is 0 Å². The van der Waals surface area contributed by atoms with Gasteiger partial charge in [0.15, 0.2) is 27.9 Å². The van der Waals surface area contributed by atoms with Crippen molar-refractivity contribution in [3.05, 3.63) is 57.4 Å². The third kappa shape index (κ3) is 3.17. The van der Waals surface area contributed by atoms with E-state index >= 15 is 0 Å². The summed E-state index contributed by atoms with van der Waals surface area (Å²) < 4.78 is 31.0. The molecule has 7 nitrogen and oxygen atoms in total. The summed E-state index contributed by atoms with van der Waals surface area (Å²) >= 11 is 5.26. The minimum absolute atomic E-state index is 0.231. The largest absolute Gasteiger partial charge is 0.343 e. The Labute approximate surface area is 169 Å². The maximum atomic E-state index is 13.7. The van der Waals surface area contributed by atoms with Gasteiger partial charge in [0.2, 0.25) is 0 Å². The summed E-state index contributed by atoms with van der Waals surface area (Å²) in [4.78, 5) is 12.9. The summed E-state index contributed by atoms with van der Waals surface area (Å²) in [6.07, 6.45) is 4.46. The molecule has 150 valence electrons. The Morgan fingerprint density at radius 1 is 1.28 bits per heavy atom. The van der Waals surface area contributed by atoms with Crippen molar-refractivity contribution < 1.29 is 13.6 Å². The summed E-state index contributed by atoms with van der Waals surface area (Å²) in [5.74, 6) is -1.50. The van der Waals surface area contributed by atoms with Crippen molar-refractivity contribution in [1.29, 1.82) is 0 Å². The first kappa shape index (κ1) is 18.2. The number of carbonyl (C=O) groups is 1. The number of carbonyl (C=O) groups excluding carboxylic acids is 1. The van der Waals surface area contributed by atoms with E-state index < -0.39 is 11.6 Å². The Morgan fingerprint density at radius 3 is 2.86 bits per heavy atom. The number of fused-ring (bicyclic) bond motifs is 1. The van der Waals surface area contributed by atoms with Crippen molar-refractivity contribution in [1.82, 2.24) is 29.9 Å². The van der Waals surface area contributed by atoms with E-state index in [9.17, 15) is 13.6 Å². The average molecular weight is 416 g/mol. The topological polar surface area (TPSA) is 80.5 Å². The smallest absolute Gasteiger partial charge is 0.272 e. The molecule has 0 radical (unpaired) electrons. The summed E-state index contributed by atoms with van der Waals surface area (Å²) in [6.45, 7) is 0.231. The second kappa shape index (κ2) is 6.87. The van der Waals surface area contributed by atoms with Gasteiger partial charge in [-0.05, 0) is 56.5 Å². The van der Waals surface area contributed by atoms with E-state index in [4.69, 9.17) is 12.2 Å². The highest BCUT2D eigenvalue weighted by Crippen LogP contribution is 2.35. The molecule has 2 aliphatic carbocycles. The highest BCUT2D eigenvalue weighted by atomic mass is 32.1. The lowest BCUT2D eigenvalue weighted by atomic mass is 10.2. The Hall–Kier alpha value is -2.88. The molecule has 1 aromatic carbocycles. The molecule has 29 heavy (non-hydrogen) atoms. The van der Waals surface area contributed by atoms with Gasteiger partial charge in [0.25, 0.3) is 5.91 Å². The molecule has 2 N–H and O–H groups in total. The lowest BCUT2D eigenvalue weighted by molar-refractivity contribution is 0.0943. The monoisotopic (exact) mass is 416 g/mol. The fourth-order valence-corrected chi connectivity index (χ4v) is 4.16. The van der Waals surface area contributed by atoms with Gasteiger partial charge in [-0.3, -0.25) is 14.5 Å². The van der Waals surface area contributed by atoms with E-state index in [0.717, 1.165) is 55.5 Å². The second-order valence-corrected chi connectivity index (χ2v) is 7.75. The summed E-state index contributed by atoms with van der Waals surface area (Å²) in [5, 5.41) is 14.3. The molecule has 2 heterocycles. The fourth-order valence-electron chi connectivity index (χ4n) is 3.86. The molecule has 10 heteroatoms. The SMILES string of the molecule is O=C(NCc1n[nH]c(=S)n1C1CC1)c1nn(-c2ccc(F)c(F)c2)c2c1CCC2. The van der Waals surface area contributed by atoms with Gasteiger partial charge in [-0.25, -0.2) is 13.5 Å². The molecule has 3 aromatic rings. The normalized spacial score (nSPS) is 15.5. The third-order valence-corrected chi connectivity index (χ3v) is 5.68. The number of amides is 1. The number of H-pyrrole nitrogens is 1. The number of hydrogen-bond donors (Lipinski definition) is 2. The third-order valence-electron chi connectivity index (χ3n) is 5.39. The molecule has 0 unspecified atom stereocenters. The van der Waals surface area contributed by atoms with Crippen LogP contribution in [0.4, 0.5) is 8.78 Å². The molecule has 0 atom stereocenters. The molecule has 2 aliphatic rings. The average Bonchev–Trinajstić information content (AvgIpc) is 3.13. The van der Waals surface area contributed by atoms with Gasteiger partial charge in [0, 0.05) is 23.4 Å². The number of aromatic amines is 1. The van der Waals surface area contributed by atoms with E-state index in [1.807, 2.05) is 4.57 Å². The van der Waals surface area contributed by atoms with Crippen molar-refractivity contribution in [2.24, 2.45) is 0 Å². The molecule has 1 saturated carbocycles. The van der Waals surface area contributed by atoms with Crippen LogP contribution in [-0.2, 0) is 19.4 Å². The molecular formula is C19H18F2N6OS. The van der Waals surface area contributed by atoms with E-state index in [2.05, 4.69) is 20.6 Å². The first-order chi connectivity index (χ1) is 14.0. The van der Waals surface area contributed by atoms with Crippen molar-refractivity contribution >= 4 is 18.1 Å². The Bertz CT molecular complexity index is 1180. The van der Waals surface area contributed by atoms with Crippen LogP contribution in [0.25, 0.3) is 5.69 Å². The van der Waals surface area contributed by atoms with Crippen LogP contribution in [0.1, 0.15) is 52.9 Å². The maximum Gasteiger partial charge on any atom is 0.272 e. The molecule has 0 aliphatic heterocycles.